The number of nitrogens with one attached hydrogen (secondary N) is 1. The minimum atomic E-state index is 0.0949. The maximum absolute atomic E-state index is 12.3. The van der Waals surface area contributed by atoms with Crippen LogP contribution in [0.1, 0.15) is 18.9 Å². The molecule has 0 radical (unpaired) electrons. The van der Waals surface area contributed by atoms with Gasteiger partial charge in [0.15, 0.2) is 0 Å². The van der Waals surface area contributed by atoms with Crippen LogP contribution in [-0.4, -0.2) is 30.4 Å². The Morgan fingerprint density at radius 1 is 1.50 bits per heavy atom. The summed E-state index contributed by atoms with van der Waals surface area (Å²) in [6.07, 6.45) is 0.923. The molecule has 1 aliphatic heterocycles. The third-order valence-electron chi connectivity index (χ3n) is 3.58. The number of rotatable bonds is 3. The molecule has 0 aromatic heterocycles. The molecule has 2 unspecified atom stereocenters. The molecule has 1 aromatic carbocycles. The van der Waals surface area contributed by atoms with Crippen molar-refractivity contribution in [1.29, 1.82) is 0 Å². The number of hydrogen-bond donors (Lipinski definition) is 1. The average Bonchev–Trinajstić information content (AvgIpc) is 2.77. The fourth-order valence-electron chi connectivity index (χ4n) is 2.44. The second kappa shape index (κ2) is 5.72. The largest absolute Gasteiger partial charge is 0.341 e. The first-order valence-corrected chi connectivity index (χ1v) is 6.69. The zero-order valence-corrected chi connectivity index (χ0v) is 11.6. The molecule has 2 atom stereocenters. The molecule has 1 aromatic rings. The van der Waals surface area contributed by atoms with Crippen LogP contribution in [0.4, 0.5) is 0 Å². The minimum absolute atomic E-state index is 0.0949. The summed E-state index contributed by atoms with van der Waals surface area (Å²) in [6.45, 7) is 3.57. The van der Waals surface area contributed by atoms with Crippen LogP contribution in [-0.2, 0) is 11.3 Å². The summed E-state index contributed by atoms with van der Waals surface area (Å²) in [7, 11) is 1.84. The summed E-state index contributed by atoms with van der Waals surface area (Å²) in [5.41, 5.74) is 0.994. The Balaban J connectivity index is 2.01. The van der Waals surface area contributed by atoms with Crippen molar-refractivity contribution in [3.8, 4) is 0 Å². The number of halogens is 1. The van der Waals surface area contributed by atoms with Gasteiger partial charge in [-0.15, -0.1) is 0 Å². The van der Waals surface area contributed by atoms with Crippen LogP contribution >= 0.6 is 11.6 Å². The molecule has 1 fully saturated rings. The Hall–Kier alpha value is -1.06. The van der Waals surface area contributed by atoms with E-state index >= 15 is 0 Å². The van der Waals surface area contributed by atoms with Crippen molar-refractivity contribution in [1.82, 2.24) is 10.2 Å². The lowest BCUT2D eigenvalue weighted by atomic mass is 10.0. The number of hydrogen-bond acceptors (Lipinski definition) is 2. The zero-order valence-electron chi connectivity index (χ0n) is 10.8. The fraction of sp³-hybridized carbons (Fsp3) is 0.500. The number of amides is 1. The Labute approximate surface area is 113 Å². The van der Waals surface area contributed by atoms with Gasteiger partial charge in [0.05, 0.1) is 5.92 Å². The molecule has 4 heteroatoms. The standard InChI is InChI=1S/C14H19ClN2O/c1-10-12(7-8-16-10)14(18)17(2)9-11-5-3-4-6-13(11)15/h3-6,10,12,16H,7-9H2,1-2H3. The molecule has 98 valence electrons. The van der Waals surface area contributed by atoms with Gasteiger partial charge in [-0.3, -0.25) is 4.79 Å². The highest BCUT2D eigenvalue weighted by Gasteiger charge is 2.31. The maximum atomic E-state index is 12.3. The molecular weight excluding hydrogens is 248 g/mol. The van der Waals surface area contributed by atoms with Gasteiger partial charge in [-0.05, 0) is 31.5 Å². The van der Waals surface area contributed by atoms with Crippen molar-refractivity contribution in [2.75, 3.05) is 13.6 Å². The predicted molar refractivity (Wildman–Crippen MR) is 73.5 cm³/mol. The SMILES string of the molecule is CC1NCCC1C(=O)N(C)Cc1ccccc1Cl. The van der Waals surface area contributed by atoms with Crippen molar-refractivity contribution in [3.05, 3.63) is 34.9 Å². The van der Waals surface area contributed by atoms with E-state index in [-0.39, 0.29) is 17.9 Å². The van der Waals surface area contributed by atoms with Crippen molar-refractivity contribution in [2.45, 2.75) is 25.9 Å². The van der Waals surface area contributed by atoms with Gasteiger partial charge in [-0.25, -0.2) is 0 Å². The van der Waals surface area contributed by atoms with Crippen molar-refractivity contribution in [2.24, 2.45) is 5.92 Å². The highest BCUT2D eigenvalue weighted by Crippen LogP contribution is 2.21. The van der Waals surface area contributed by atoms with Crippen molar-refractivity contribution in [3.63, 3.8) is 0 Å². The second-order valence-electron chi connectivity index (χ2n) is 4.92. The monoisotopic (exact) mass is 266 g/mol. The molecular formula is C14H19ClN2O. The van der Waals surface area contributed by atoms with Gasteiger partial charge >= 0.3 is 0 Å². The van der Waals surface area contributed by atoms with Gasteiger partial charge in [0.1, 0.15) is 0 Å². The van der Waals surface area contributed by atoms with E-state index in [1.54, 1.807) is 4.90 Å². The van der Waals surface area contributed by atoms with E-state index < -0.39 is 0 Å². The van der Waals surface area contributed by atoms with Gasteiger partial charge in [0.2, 0.25) is 5.91 Å². The molecule has 0 bridgehead atoms. The van der Waals surface area contributed by atoms with Crippen molar-refractivity contribution >= 4 is 17.5 Å². The Kier molecular flexibility index (Phi) is 4.25. The summed E-state index contributed by atoms with van der Waals surface area (Å²) in [5, 5.41) is 4.02. The minimum Gasteiger partial charge on any atom is -0.341 e. The molecule has 1 saturated heterocycles. The normalized spacial score (nSPS) is 23.1. The molecule has 1 heterocycles. The second-order valence-corrected chi connectivity index (χ2v) is 5.33. The molecule has 18 heavy (non-hydrogen) atoms. The summed E-state index contributed by atoms with van der Waals surface area (Å²) < 4.78 is 0. The molecule has 3 nitrogen and oxygen atoms in total. The van der Waals surface area contributed by atoms with Gasteiger partial charge in [0, 0.05) is 24.7 Å². The number of nitrogens with zero attached hydrogens (tertiary/aromatic N) is 1. The quantitative estimate of drug-likeness (QED) is 0.911. The Bertz CT molecular complexity index is 436. The highest BCUT2D eigenvalue weighted by molar-refractivity contribution is 6.31. The third-order valence-corrected chi connectivity index (χ3v) is 3.95. The van der Waals surface area contributed by atoms with E-state index in [1.807, 2.05) is 31.3 Å². The topological polar surface area (TPSA) is 32.3 Å². The number of carbonyl (C=O) groups is 1. The number of carbonyl (C=O) groups excluding carboxylic acids is 1. The van der Waals surface area contributed by atoms with Crippen LogP contribution in [0.5, 0.6) is 0 Å². The Morgan fingerprint density at radius 2 is 2.22 bits per heavy atom. The zero-order chi connectivity index (χ0) is 13.1. The lowest BCUT2D eigenvalue weighted by Crippen LogP contribution is -2.37. The summed E-state index contributed by atoms with van der Waals surface area (Å²) >= 11 is 6.11. The van der Waals surface area contributed by atoms with Gasteiger partial charge in [-0.2, -0.15) is 0 Å². The average molecular weight is 267 g/mol. The van der Waals surface area contributed by atoms with E-state index in [9.17, 15) is 4.79 Å². The third kappa shape index (κ3) is 2.85. The van der Waals surface area contributed by atoms with E-state index in [0.29, 0.717) is 6.54 Å². The van der Waals surface area contributed by atoms with E-state index in [0.717, 1.165) is 23.6 Å². The van der Waals surface area contributed by atoms with Crippen LogP contribution in [0, 0.1) is 5.92 Å². The summed E-state index contributed by atoms with van der Waals surface area (Å²) in [4.78, 5) is 14.1. The van der Waals surface area contributed by atoms with Crippen LogP contribution in [0.15, 0.2) is 24.3 Å². The highest BCUT2D eigenvalue weighted by atomic mass is 35.5. The molecule has 1 aliphatic rings. The molecule has 1 amide bonds. The first-order valence-electron chi connectivity index (χ1n) is 6.31. The summed E-state index contributed by atoms with van der Waals surface area (Å²) in [6, 6.07) is 7.93. The van der Waals surface area contributed by atoms with Crippen LogP contribution in [0.3, 0.4) is 0 Å². The summed E-state index contributed by atoms with van der Waals surface area (Å²) in [5.74, 6) is 0.296. The molecule has 0 aliphatic carbocycles. The van der Waals surface area contributed by atoms with Crippen LogP contribution < -0.4 is 5.32 Å². The molecule has 0 spiro atoms. The van der Waals surface area contributed by atoms with Gasteiger partial charge < -0.3 is 10.2 Å². The predicted octanol–water partition coefficient (Wildman–Crippen LogP) is 2.30. The first kappa shape index (κ1) is 13.4. The van der Waals surface area contributed by atoms with E-state index in [2.05, 4.69) is 12.2 Å². The first-order chi connectivity index (χ1) is 8.59. The molecule has 1 N–H and O–H groups in total. The van der Waals surface area contributed by atoms with Crippen molar-refractivity contribution < 1.29 is 4.79 Å². The van der Waals surface area contributed by atoms with E-state index in [1.165, 1.54) is 0 Å². The maximum Gasteiger partial charge on any atom is 0.227 e. The number of benzene rings is 1. The van der Waals surface area contributed by atoms with Gasteiger partial charge in [-0.1, -0.05) is 29.8 Å². The lowest BCUT2D eigenvalue weighted by molar-refractivity contribution is -0.134. The fourth-order valence-corrected chi connectivity index (χ4v) is 2.63. The Morgan fingerprint density at radius 3 is 2.83 bits per heavy atom. The van der Waals surface area contributed by atoms with Crippen LogP contribution in [0.25, 0.3) is 0 Å². The molecule has 2 rings (SSSR count). The molecule has 0 saturated carbocycles. The smallest absolute Gasteiger partial charge is 0.227 e. The van der Waals surface area contributed by atoms with Crippen LogP contribution in [0.2, 0.25) is 5.02 Å². The lowest BCUT2D eigenvalue weighted by Gasteiger charge is -2.23. The van der Waals surface area contributed by atoms with E-state index in [4.69, 9.17) is 11.6 Å². The van der Waals surface area contributed by atoms with Gasteiger partial charge in [0.25, 0.3) is 0 Å².